The van der Waals surface area contributed by atoms with E-state index in [2.05, 4.69) is 17.0 Å². The van der Waals surface area contributed by atoms with Crippen LogP contribution in [0.15, 0.2) is 30.3 Å². The van der Waals surface area contributed by atoms with Gasteiger partial charge in [-0.15, -0.1) is 0 Å². The molecule has 104 valence electrons. The van der Waals surface area contributed by atoms with E-state index in [4.69, 9.17) is 18.0 Å². The smallest absolute Gasteiger partial charge is 0.0816 e. The van der Waals surface area contributed by atoms with Crippen LogP contribution in [-0.2, 0) is 0 Å². The van der Waals surface area contributed by atoms with E-state index in [0.29, 0.717) is 10.9 Å². The normalized spacial score (nSPS) is 23.2. The number of likely N-dealkylation sites (tertiary alicyclic amines) is 1. The van der Waals surface area contributed by atoms with Gasteiger partial charge in [0.2, 0.25) is 0 Å². The molecule has 3 N–H and O–H groups in total. The van der Waals surface area contributed by atoms with Crippen LogP contribution in [0, 0.1) is 5.92 Å². The molecule has 4 heteroatoms. The van der Waals surface area contributed by atoms with Gasteiger partial charge in [-0.1, -0.05) is 42.5 Å². The van der Waals surface area contributed by atoms with Gasteiger partial charge < -0.3 is 15.7 Å². The molecular formula is C15H22N2OS. The van der Waals surface area contributed by atoms with Crippen molar-refractivity contribution in [2.75, 3.05) is 19.6 Å². The summed E-state index contributed by atoms with van der Waals surface area (Å²) in [7, 11) is 0. The lowest BCUT2D eigenvalue weighted by Gasteiger charge is -2.24. The number of nitrogens with zero attached hydrogens (tertiary/aromatic N) is 1. The van der Waals surface area contributed by atoms with Gasteiger partial charge in [0, 0.05) is 19.0 Å². The summed E-state index contributed by atoms with van der Waals surface area (Å²) in [4.78, 5) is 2.90. The predicted octanol–water partition coefficient (Wildman–Crippen LogP) is 1.76. The van der Waals surface area contributed by atoms with Crippen molar-refractivity contribution >= 4 is 17.2 Å². The molecule has 19 heavy (non-hydrogen) atoms. The molecule has 1 heterocycles. The molecule has 0 amide bonds. The van der Waals surface area contributed by atoms with Crippen molar-refractivity contribution in [3.8, 4) is 0 Å². The van der Waals surface area contributed by atoms with E-state index in [1.54, 1.807) is 0 Å². The third-order valence-corrected chi connectivity index (χ3v) is 4.26. The van der Waals surface area contributed by atoms with Gasteiger partial charge in [0.05, 0.1) is 11.1 Å². The van der Waals surface area contributed by atoms with Gasteiger partial charge in [-0.05, 0) is 31.4 Å². The minimum Gasteiger partial charge on any atom is -0.393 e. The van der Waals surface area contributed by atoms with E-state index in [0.717, 1.165) is 26.1 Å². The van der Waals surface area contributed by atoms with Crippen LogP contribution in [0.3, 0.4) is 0 Å². The first-order valence-corrected chi connectivity index (χ1v) is 7.23. The molecule has 0 bridgehead atoms. The summed E-state index contributed by atoms with van der Waals surface area (Å²) in [5, 5.41) is 9.65. The van der Waals surface area contributed by atoms with Gasteiger partial charge >= 0.3 is 0 Å². The quantitative estimate of drug-likeness (QED) is 0.806. The maximum Gasteiger partial charge on any atom is 0.0816 e. The van der Waals surface area contributed by atoms with E-state index in [1.165, 1.54) is 5.56 Å². The lowest BCUT2D eigenvalue weighted by atomic mass is 9.98. The average molecular weight is 278 g/mol. The molecule has 3 atom stereocenters. The SMILES string of the molecule is CC(O)C1CCN(CC(C(N)=S)c2ccccc2)C1. The lowest BCUT2D eigenvalue weighted by Crippen LogP contribution is -2.33. The third kappa shape index (κ3) is 3.75. The predicted molar refractivity (Wildman–Crippen MR) is 82.2 cm³/mol. The van der Waals surface area contributed by atoms with Crippen LogP contribution in [-0.4, -0.2) is 40.7 Å². The molecule has 1 aliphatic heterocycles. The summed E-state index contributed by atoms with van der Waals surface area (Å²) in [5.74, 6) is 0.478. The standard InChI is InChI=1S/C15H22N2OS/c1-11(18)13-7-8-17(9-13)10-14(15(16)19)12-5-3-2-4-6-12/h2-6,11,13-14,18H,7-10H2,1H3,(H2,16,19). The van der Waals surface area contributed by atoms with Crippen molar-refractivity contribution < 1.29 is 5.11 Å². The highest BCUT2D eigenvalue weighted by Crippen LogP contribution is 2.24. The number of hydrogen-bond acceptors (Lipinski definition) is 3. The number of nitrogens with two attached hydrogens (primary N) is 1. The number of hydrogen-bond donors (Lipinski definition) is 2. The van der Waals surface area contributed by atoms with E-state index >= 15 is 0 Å². The van der Waals surface area contributed by atoms with Crippen LogP contribution in [0.4, 0.5) is 0 Å². The largest absolute Gasteiger partial charge is 0.393 e. The van der Waals surface area contributed by atoms with Crippen molar-refractivity contribution in [3.63, 3.8) is 0 Å². The van der Waals surface area contributed by atoms with E-state index < -0.39 is 0 Å². The minimum absolute atomic E-state index is 0.101. The Kier molecular flexibility index (Phi) is 4.91. The fraction of sp³-hybridized carbons (Fsp3) is 0.533. The second kappa shape index (κ2) is 6.46. The van der Waals surface area contributed by atoms with Crippen LogP contribution < -0.4 is 5.73 Å². The Balaban J connectivity index is 2.01. The molecule has 1 aromatic carbocycles. The second-order valence-corrected chi connectivity index (χ2v) is 5.89. The summed E-state index contributed by atoms with van der Waals surface area (Å²) in [6, 6.07) is 10.2. The van der Waals surface area contributed by atoms with Gasteiger partial charge in [-0.2, -0.15) is 0 Å². The Bertz CT molecular complexity index is 421. The monoisotopic (exact) mass is 278 g/mol. The topological polar surface area (TPSA) is 49.5 Å². The first-order chi connectivity index (χ1) is 9.08. The molecule has 1 fully saturated rings. The number of rotatable bonds is 5. The molecule has 0 aliphatic carbocycles. The Morgan fingerprint density at radius 1 is 1.47 bits per heavy atom. The molecule has 3 unspecified atom stereocenters. The van der Waals surface area contributed by atoms with Crippen LogP contribution >= 0.6 is 12.2 Å². The molecule has 0 spiro atoms. The molecule has 0 aromatic heterocycles. The van der Waals surface area contributed by atoms with Gasteiger partial charge in [0.25, 0.3) is 0 Å². The van der Waals surface area contributed by atoms with Crippen molar-refractivity contribution in [2.45, 2.75) is 25.4 Å². The zero-order valence-corrected chi connectivity index (χ0v) is 12.1. The minimum atomic E-state index is -0.231. The van der Waals surface area contributed by atoms with Crippen LogP contribution in [0.2, 0.25) is 0 Å². The Labute approximate surface area is 120 Å². The fourth-order valence-corrected chi connectivity index (χ4v) is 2.94. The number of aliphatic hydroxyl groups is 1. The zero-order valence-electron chi connectivity index (χ0n) is 11.3. The third-order valence-electron chi connectivity index (χ3n) is 3.98. The highest BCUT2D eigenvalue weighted by Gasteiger charge is 2.28. The summed E-state index contributed by atoms with van der Waals surface area (Å²) in [6.07, 6.45) is 0.821. The average Bonchev–Trinajstić information content (AvgIpc) is 2.85. The molecule has 3 nitrogen and oxygen atoms in total. The van der Waals surface area contributed by atoms with E-state index in [1.807, 2.05) is 25.1 Å². The van der Waals surface area contributed by atoms with Gasteiger partial charge in [-0.25, -0.2) is 0 Å². The van der Waals surface area contributed by atoms with Crippen molar-refractivity contribution in [2.24, 2.45) is 11.7 Å². The van der Waals surface area contributed by atoms with Crippen molar-refractivity contribution in [1.29, 1.82) is 0 Å². The zero-order chi connectivity index (χ0) is 13.8. The van der Waals surface area contributed by atoms with Crippen LogP contribution in [0.25, 0.3) is 0 Å². The summed E-state index contributed by atoms with van der Waals surface area (Å²) in [6.45, 7) is 4.67. The van der Waals surface area contributed by atoms with Gasteiger partial charge in [0.1, 0.15) is 0 Å². The van der Waals surface area contributed by atoms with Crippen LogP contribution in [0.1, 0.15) is 24.8 Å². The Hall–Kier alpha value is -0.970. The maximum atomic E-state index is 9.65. The van der Waals surface area contributed by atoms with Crippen LogP contribution in [0.5, 0.6) is 0 Å². The molecule has 0 saturated carbocycles. The molecule has 0 radical (unpaired) electrons. The highest BCUT2D eigenvalue weighted by atomic mass is 32.1. The summed E-state index contributed by atoms with van der Waals surface area (Å²) in [5.41, 5.74) is 7.07. The number of thiocarbonyl (C=S) groups is 1. The molecule has 1 saturated heterocycles. The Morgan fingerprint density at radius 3 is 2.68 bits per heavy atom. The van der Waals surface area contributed by atoms with E-state index in [9.17, 15) is 5.11 Å². The first-order valence-electron chi connectivity index (χ1n) is 6.82. The fourth-order valence-electron chi connectivity index (χ4n) is 2.73. The number of benzene rings is 1. The summed E-state index contributed by atoms with van der Waals surface area (Å²) >= 11 is 5.22. The first kappa shape index (κ1) is 14.4. The van der Waals surface area contributed by atoms with Crippen molar-refractivity contribution in [1.82, 2.24) is 4.90 Å². The number of aliphatic hydroxyl groups excluding tert-OH is 1. The second-order valence-electron chi connectivity index (χ2n) is 5.41. The highest BCUT2D eigenvalue weighted by molar-refractivity contribution is 7.80. The Morgan fingerprint density at radius 2 is 2.16 bits per heavy atom. The molecule has 1 aliphatic rings. The van der Waals surface area contributed by atoms with Gasteiger partial charge in [-0.3, -0.25) is 0 Å². The van der Waals surface area contributed by atoms with E-state index in [-0.39, 0.29) is 12.0 Å². The molecule has 2 rings (SSSR count). The van der Waals surface area contributed by atoms with Gasteiger partial charge in [0.15, 0.2) is 0 Å². The van der Waals surface area contributed by atoms with Crippen molar-refractivity contribution in [3.05, 3.63) is 35.9 Å². The maximum absolute atomic E-state index is 9.65. The lowest BCUT2D eigenvalue weighted by molar-refractivity contribution is 0.127. The molecular weight excluding hydrogens is 256 g/mol. The summed E-state index contributed by atoms with van der Waals surface area (Å²) < 4.78 is 0. The molecule has 1 aromatic rings.